The largest absolute Gasteiger partial charge is 0.573 e. The first kappa shape index (κ1) is 38.3. The number of carbonyl (C=O) groups excluding carboxylic acids is 1. The van der Waals surface area contributed by atoms with E-state index in [9.17, 15) is 53.1 Å². The molecule has 0 spiro atoms. The predicted molar refractivity (Wildman–Crippen MR) is 141 cm³/mol. The fourth-order valence-corrected chi connectivity index (χ4v) is 3.92. The minimum atomic E-state index is -5.95. The van der Waals surface area contributed by atoms with E-state index >= 15 is 0 Å². The molecule has 0 atom stereocenters. The van der Waals surface area contributed by atoms with Gasteiger partial charge in [-0.3, -0.25) is 0 Å². The Morgan fingerprint density at radius 3 is 2.06 bits per heavy atom. The molecule has 0 fully saturated rings. The molecule has 1 aromatic heterocycles. The van der Waals surface area contributed by atoms with E-state index in [1.165, 1.54) is 24.3 Å². The number of benzene rings is 2. The molecule has 0 bridgehead atoms. The summed E-state index contributed by atoms with van der Waals surface area (Å²) in [4.78, 5) is 10.8. The van der Waals surface area contributed by atoms with Gasteiger partial charge in [0.1, 0.15) is 22.8 Å². The SMILES string of the molecule is C=CC(=O)OCC(F)(F)OC(F)(F)OC(F)(F)OC(F)(F)COc1ccc2cc(-c3ccc(CCCCC)cc3OC(F)(F)F)oc2c1. The Morgan fingerprint density at radius 1 is 0.812 bits per heavy atom. The second-order valence-electron chi connectivity index (χ2n) is 9.75. The van der Waals surface area contributed by atoms with Crippen molar-refractivity contribution in [3.63, 3.8) is 0 Å². The number of furan rings is 1. The summed E-state index contributed by atoms with van der Waals surface area (Å²) in [6, 6.07) is 8.62. The normalized spacial score (nSPS) is 13.1. The molecule has 0 N–H and O–H groups in total. The molecule has 0 radical (unpaired) electrons. The molecule has 1 heterocycles. The quantitative estimate of drug-likeness (QED) is 0.0425. The number of esters is 1. The van der Waals surface area contributed by atoms with Crippen molar-refractivity contribution in [2.75, 3.05) is 13.2 Å². The van der Waals surface area contributed by atoms with Crippen molar-refractivity contribution in [1.29, 1.82) is 0 Å². The lowest BCUT2D eigenvalue weighted by molar-refractivity contribution is -0.574. The number of alkyl halides is 11. The topological polar surface area (TPSA) is 85.6 Å². The number of unbranched alkanes of at least 4 members (excludes halogenated alkanes) is 2. The zero-order chi connectivity index (χ0) is 36.0. The van der Waals surface area contributed by atoms with E-state index in [1.807, 2.05) is 6.92 Å². The highest BCUT2D eigenvalue weighted by molar-refractivity contribution is 5.85. The molecule has 0 unspecified atom stereocenters. The van der Waals surface area contributed by atoms with Crippen LogP contribution < -0.4 is 9.47 Å². The number of halogens is 11. The van der Waals surface area contributed by atoms with E-state index in [0.29, 0.717) is 18.1 Å². The molecular formula is C29H25F11O8. The van der Waals surface area contributed by atoms with Crippen LogP contribution in [-0.4, -0.2) is 50.4 Å². The molecule has 0 saturated carbocycles. The number of hydrogen-bond acceptors (Lipinski definition) is 8. The van der Waals surface area contributed by atoms with Crippen molar-refractivity contribution in [3.8, 4) is 22.8 Å². The second kappa shape index (κ2) is 15.0. The Morgan fingerprint density at radius 2 is 1.46 bits per heavy atom. The molecule has 0 aliphatic carbocycles. The highest BCUT2D eigenvalue weighted by Crippen LogP contribution is 2.40. The van der Waals surface area contributed by atoms with Gasteiger partial charge >= 0.3 is 37.1 Å². The fraction of sp³-hybridized carbons (Fsp3) is 0.414. The molecule has 48 heavy (non-hydrogen) atoms. The molecule has 0 aliphatic rings. The van der Waals surface area contributed by atoms with Crippen LogP contribution in [0.1, 0.15) is 31.7 Å². The summed E-state index contributed by atoms with van der Waals surface area (Å²) < 4.78 is 175. The summed E-state index contributed by atoms with van der Waals surface area (Å²) in [7, 11) is 0. The van der Waals surface area contributed by atoms with Crippen molar-refractivity contribution < 1.29 is 85.9 Å². The molecule has 0 saturated heterocycles. The first-order valence-corrected chi connectivity index (χ1v) is 13.6. The Bertz CT molecular complexity index is 1550. The van der Waals surface area contributed by atoms with Gasteiger partial charge in [0.25, 0.3) is 0 Å². The van der Waals surface area contributed by atoms with Gasteiger partial charge in [-0.05, 0) is 48.7 Å². The third-order valence-electron chi connectivity index (χ3n) is 5.83. The number of aryl methyl sites for hydroxylation is 1. The van der Waals surface area contributed by atoms with Gasteiger partial charge < -0.3 is 18.6 Å². The van der Waals surface area contributed by atoms with E-state index in [4.69, 9.17) is 4.42 Å². The van der Waals surface area contributed by atoms with E-state index in [1.54, 1.807) is 6.07 Å². The van der Waals surface area contributed by atoms with E-state index in [2.05, 4.69) is 35.0 Å². The van der Waals surface area contributed by atoms with Gasteiger partial charge in [0.15, 0.2) is 13.2 Å². The minimum Gasteiger partial charge on any atom is -0.484 e. The average molecular weight is 710 g/mol. The zero-order valence-corrected chi connectivity index (χ0v) is 24.5. The lowest BCUT2D eigenvalue weighted by Gasteiger charge is -2.27. The van der Waals surface area contributed by atoms with Crippen LogP contribution in [0, 0.1) is 0 Å². The lowest BCUT2D eigenvalue weighted by Crippen LogP contribution is -2.46. The van der Waals surface area contributed by atoms with E-state index in [-0.39, 0.29) is 22.3 Å². The average Bonchev–Trinajstić information content (AvgIpc) is 3.35. The fourth-order valence-electron chi connectivity index (χ4n) is 3.92. The molecule has 19 heteroatoms. The van der Waals surface area contributed by atoms with Crippen LogP contribution >= 0.6 is 0 Å². The Kier molecular flexibility index (Phi) is 12.0. The maximum absolute atomic E-state index is 14.1. The van der Waals surface area contributed by atoms with Crippen LogP contribution in [-0.2, 0) is 30.2 Å². The third kappa shape index (κ3) is 12.2. The summed E-state index contributed by atoms with van der Waals surface area (Å²) in [5, 5.41) is 0.239. The van der Waals surface area contributed by atoms with Crippen molar-refractivity contribution in [1.82, 2.24) is 0 Å². The van der Waals surface area contributed by atoms with Gasteiger partial charge in [0.2, 0.25) is 0 Å². The lowest BCUT2D eigenvalue weighted by atomic mass is 10.0. The maximum Gasteiger partial charge on any atom is 0.573 e. The summed E-state index contributed by atoms with van der Waals surface area (Å²) in [5.41, 5.74) is 0.337. The molecule has 266 valence electrons. The van der Waals surface area contributed by atoms with Gasteiger partial charge in [-0.15, -0.1) is 30.7 Å². The zero-order valence-electron chi connectivity index (χ0n) is 24.5. The Hall–Kier alpha value is -4.10. The van der Waals surface area contributed by atoms with Crippen LogP contribution in [0.5, 0.6) is 11.5 Å². The van der Waals surface area contributed by atoms with Crippen molar-refractivity contribution >= 4 is 16.9 Å². The van der Waals surface area contributed by atoms with Crippen LogP contribution in [0.25, 0.3) is 22.3 Å². The minimum absolute atomic E-state index is 0.108. The van der Waals surface area contributed by atoms with Gasteiger partial charge in [0.05, 0.1) is 5.56 Å². The first-order valence-electron chi connectivity index (χ1n) is 13.6. The number of rotatable bonds is 18. The van der Waals surface area contributed by atoms with Gasteiger partial charge in [-0.2, -0.15) is 17.6 Å². The first-order chi connectivity index (χ1) is 22.1. The second-order valence-corrected chi connectivity index (χ2v) is 9.75. The smallest absolute Gasteiger partial charge is 0.484 e. The highest BCUT2D eigenvalue weighted by atomic mass is 19.4. The molecule has 0 aliphatic heterocycles. The number of carbonyl (C=O) groups is 1. The van der Waals surface area contributed by atoms with Crippen LogP contribution in [0.2, 0.25) is 0 Å². The number of fused-ring (bicyclic) bond motifs is 1. The van der Waals surface area contributed by atoms with Crippen LogP contribution in [0.15, 0.2) is 59.5 Å². The van der Waals surface area contributed by atoms with Crippen molar-refractivity contribution in [2.45, 2.75) is 63.8 Å². The third-order valence-corrected chi connectivity index (χ3v) is 5.83. The molecule has 2 aromatic carbocycles. The standard InChI is InChI=1S/C29H25F11O8/c1-3-5-6-7-17-8-11-20(23(12-17)45-27(34,35)36)22-13-18-9-10-19(14-21(18)44-22)42-15-25(30,31)46-28(37,38)48-29(39,40)47-26(32,33)16-43-24(41)4-2/h4,8-14H,2-3,5-7,15-16H2,1H3. The van der Waals surface area contributed by atoms with Gasteiger partial charge in [-0.1, -0.05) is 32.4 Å². The number of hydrogen-bond donors (Lipinski definition) is 0. The van der Waals surface area contributed by atoms with Crippen molar-refractivity contribution in [2.24, 2.45) is 0 Å². The van der Waals surface area contributed by atoms with Gasteiger partial charge in [0, 0.05) is 17.5 Å². The molecule has 8 nitrogen and oxygen atoms in total. The van der Waals surface area contributed by atoms with Crippen LogP contribution in [0.4, 0.5) is 48.3 Å². The molecule has 0 amide bonds. The summed E-state index contributed by atoms with van der Waals surface area (Å²) in [6.45, 7) is 0.509. The van der Waals surface area contributed by atoms with Crippen molar-refractivity contribution in [3.05, 3.63) is 60.7 Å². The summed E-state index contributed by atoms with van der Waals surface area (Å²) >= 11 is 0. The molecular weight excluding hydrogens is 685 g/mol. The predicted octanol–water partition coefficient (Wildman–Crippen LogP) is 9.18. The van der Waals surface area contributed by atoms with E-state index < -0.39 is 61.9 Å². The number of ether oxygens (including phenoxy) is 6. The maximum atomic E-state index is 14.1. The monoisotopic (exact) mass is 710 g/mol. The van der Waals surface area contributed by atoms with E-state index in [0.717, 1.165) is 31.4 Å². The Labute approximate surface area is 263 Å². The van der Waals surface area contributed by atoms with Gasteiger partial charge in [-0.25, -0.2) is 19.0 Å². The molecule has 3 rings (SSSR count). The Balaban J connectivity index is 1.69. The molecule has 3 aromatic rings. The highest BCUT2D eigenvalue weighted by Gasteiger charge is 2.57. The summed E-state index contributed by atoms with van der Waals surface area (Å²) in [5.74, 6) is -2.70. The van der Waals surface area contributed by atoms with Crippen LogP contribution in [0.3, 0.4) is 0 Å². The summed E-state index contributed by atoms with van der Waals surface area (Å²) in [6.07, 6.45) is -23.9.